The first-order valence-electron chi connectivity index (χ1n) is 8.79. The van der Waals surface area contributed by atoms with Crippen molar-refractivity contribution in [2.24, 2.45) is 0 Å². The Hall–Kier alpha value is -2.11. The first-order valence-corrected chi connectivity index (χ1v) is 9.58. The maximum atomic E-state index is 15.1. The van der Waals surface area contributed by atoms with E-state index in [1.54, 1.807) is 6.07 Å². The van der Waals surface area contributed by atoms with Crippen molar-refractivity contribution in [1.82, 2.24) is 10.3 Å². The number of halogens is 6. The maximum Gasteiger partial charge on any atom is 0.418 e. The molecule has 1 N–H and O–H groups in total. The van der Waals surface area contributed by atoms with Gasteiger partial charge in [-0.25, -0.2) is 8.78 Å². The highest BCUT2D eigenvalue weighted by Crippen LogP contribution is 2.52. The molecule has 2 aromatic rings. The lowest BCUT2D eigenvalue weighted by molar-refractivity contribution is -0.138. The van der Waals surface area contributed by atoms with E-state index in [-0.39, 0.29) is 28.8 Å². The molecule has 0 amide bonds. The van der Waals surface area contributed by atoms with E-state index >= 15 is 4.39 Å². The van der Waals surface area contributed by atoms with Gasteiger partial charge in [0.1, 0.15) is 11.6 Å². The van der Waals surface area contributed by atoms with Crippen molar-refractivity contribution in [3.05, 3.63) is 57.1 Å². The number of carbonyl (C=O) groups is 1. The van der Waals surface area contributed by atoms with Crippen LogP contribution < -0.4 is 10.1 Å². The van der Waals surface area contributed by atoms with E-state index in [0.717, 1.165) is 0 Å². The van der Waals surface area contributed by atoms with Gasteiger partial charge in [-0.15, -0.1) is 0 Å². The van der Waals surface area contributed by atoms with Crippen LogP contribution in [0.15, 0.2) is 28.9 Å². The zero-order valence-corrected chi connectivity index (χ0v) is 16.7. The molecule has 1 aromatic heterocycles. The molecule has 1 aromatic carbocycles. The number of alkyl halides is 4. The minimum Gasteiger partial charge on any atom is -0.461 e. The summed E-state index contributed by atoms with van der Waals surface area (Å²) in [5, 5.41) is 3.01. The Morgan fingerprint density at radius 1 is 1.40 bits per heavy atom. The van der Waals surface area contributed by atoms with Crippen LogP contribution in [0.3, 0.4) is 0 Å². The van der Waals surface area contributed by atoms with Crippen LogP contribution in [-0.2, 0) is 21.2 Å². The first kappa shape index (κ1) is 21.1. The molecular formula is C19H14BrF5N2O3. The number of ether oxygens (including phenoxy) is 2. The van der Waals surface area contributed by atoms with Crippen molar-refractivity contribution in [3.63, 3.8) is 0 Å². The minimum atomic E-state index is -4.71. The molecule has 4 rings (SSSR count). The minimum absolute atomic E-state index is 0.0351. The van der Waals surface area contributed by atoms with E-state index in [0.29, 0.717) is 24.1 Å². The van der Waals surface area contributed by atoms with E-state index in [1.807, 2.05) is 0 Å². The van der Waals surface area contributed by atoms with Crippen molar-refractivity contribution < 1.29 is 36.2 Å². The number of aldehydes is 1. The van der Waals surface area contributed by atoms with E-state index < -0.39 is 47.9 Å². The molecule has 160 valence electrons. The molecule has 0 bridgehead atoms. The SMILES string of the molecule is O=CC1NC2(CO1)CC(c1ncc(C(F)(F)F)cc1OCF)c1c2ccc(Br)c1F. The van der Waals surface area contributed by atoms with Gasteiger partial charge in [0.05, 0.1) is 27.9 Å². The molecule has 1 aliphatic carbocycles. The summed E-state index contributed by atoms with van der Waals surface area (Å²) in [6.07, 6.45) is -4.33. The highest BCUT2D eigenvalue weighted by Gasteiger charge is 2.52. The van der Waals surface area contributed by atoms with Crippen LogP contribution in [0, 0.1) is 5.82 Å². The highest BCUT2D eigenvalue weighted by atomic mass is 79.9. The van der Waals surface area contributed by atoms with Crippen LogP contribution in [0.1, 0.15) is 34.7 Å². The third kappa shape index (κ3) is 3.38. The van der Waals surface area contributed by atoms with Gasteiger partial charge >= 0.3 is 6.18 Å². The van der Waals surface area contributed by atoms with Crippen molar-refractivity contribution >= 4 is 22.2 Å². The molecule has 2 aliphatic rings. The number of aromatic nitrogens is 1. The lowest BCUT2D eigenvalue weighted by Gasteiger charge is -2.24. The van der Waals surface area contributed by atoms with Crippen molar-refractivity contribution in [2.75, 3.05) is 13.5 Å². The average Bonchev–Trinajstić information content (AvgIpc) is 3.26. The Morgan fingerprint density at radius 2 is 2.17 bits per heavy atom. The maximum absolute atomic E-state index is 15.1. The summed E-state index contributed by atoms with van der Waals surface area (Å²) in [5.74, 6) is -1.91. The van der Waals surface area contributed by atoms with Gasteiger partial charge in [0, 0.05) is 17.7 Å². The van der Waals surface area contributed by atoms with Crippen molar-refractivity contribution in [2.45, 2.75) is 30.3 Å². The quantitative estimate of drug-likeness (QED) is 0.512. The fourth-order valence-electron chi connectivity index (χ4n) is 4.10. The standard InChI is InChI=1S/C19H14BrF5N2O3/c20-12-2-1-11-15(16(12)22)10(4-18(11)7-29-14(6-28)27-18)17-13(30-8-21)3-9(5-26-17)19(23,24)25/h1-3,5-6,10,14,27H,4,7-8H2. The second-order valence-electron chi connectivity index (χ2n) is 7.03. The Balaban J connectivity index is 1.87. The van der Waals surface area contributed by atoms with E-state index in [4.69, 9.17) is 9.47 Å². The lowest BCUT2D eigenvalue weighted by Crippen LogP contribution is -2.41. The summed E-state index contributed by atoms with van der Waals surface area (Å²) in [4.78, 5) is 15.0. The Bertz CT molecular complexity index is 1000. The molecule has 1 saturated heterocycles. The predicted octanol–water partition coefficient (Wildman–Crippen LogP) is 4.18. The van der Waals surface area contributed by atoms with E-state index in [1.165, 1.54) is 6.07 Å². The lowest BCUT2D eigenvalue weighted by atomic mass is 9.92. The van der Waals surface area contributed by atoms with E-state index in [2.05, 4.69) is 26.2 Å². The van der Waals surface area contributed by atoms with Gasteiger partial charge in [0.25, 0.3) is 0 Å². The van der Waals surface area contributed by atoms with Crippen LogP contribution >= 0.6 is 15.9 Å². The van der Waals surface area contributed by atoms with Crippen LogP contribution in [-0.4, -0.2) is 31.0 Å². The van der Waals surface area contributed by atoms with Gasteiger partial charge in [-0.2, -0.15) is 13.2 Å². The Labute approximate surface area is 175 Å². The number of rotatable bonds is 4. The van der Waals surface area contributed by atoms with E-state index in [9.17, 15) is 22.4 Å². The normalized spacial score (nSPS) is 25.5. The number of benzene rings is 1. The number of hydrogen-bond acceptors (Lipinski definition) is 5. The van der Waals surface area contributed by atoms with Gasteiger partial charge in [-0.1, -0.05) is 6.07 Å². The number of fused-ring (bicyclic) bond motifs is 2. The largest absolute Gasteiger partial charge is 0.461 e. The number of hydrogen-bond donors (Lipinski definition) is 1. The number of nitrogens with zero attached hydrogens (tertiary/aromatic N) is 1. The van der Waals surface area contributed by atoms with Gasteiger partial charge in [0.2, 0.25) is 6.86 Å². The monoisotopic (exact) mass is 492 g/mol. The number of carbonyl (C=O) groups excluding carboxylic acids is 1. The fourth-order valence-corrected chi connectivity index (χ4v) is 4.44. The molecule has 3 unspecified atom stereocenters. The molecular weight excluding hydrogens is 479 g/mol. The summed E-state index contributed by atoms with van der Waals surface area (Å²) < 4.78 is 77.7. The summed E-state index contributed by atoms with van der Waals surface area (Å²) in [7, 11) is 0. The van der Waals surface area contributed by atoms with Crippen molar-refractivity contribution in [1.29, 1.82) is 0 Å². The zero-order valence-electron chi connectivity index (χ0n) is 15.1. The van der Waals surface area contributed by atoms with Crippen molar-refractivity contribution in [3.8, 4) is 5.75 Å². The van der Waals surface area contributed by atoms with Crippen LogP contribution in [0.25, 0.3) is 0 Å². The summed E-state index contributed by atoms with van der Waals surface area (Å²) in [6.45, 7) is -1.34. The Morgan fingerprint density at radius 3 is 2.80 bits per heavy atom. The van der Waals surface area contributed by atoms with Gasteiger partial charge in [-0.3, -0.25) is 15.1 Å². The summed E-state index contributed by atoms with van der Waals surface area (Å²) in [5.41, 5.74) is -1.44. The van der Waals surface area contributed by atoms with Crippen LogP contribution in [0.4, 0.5) is 22.0 Å². The molecule has 5 nitrogen and oxygen atoms in total. The molecule has 1 aliphatic heterocycles. The molecule has 0 radical (unpaired) electrons. The molecule has 30 heavy (non-hydrogen) atoms. The third-order valence-electron chi connectivity index (χ3n) is 5.35. The Kier molecular flexibility index (Phi) is 5.31. The third-order valence-corrected chi connectivity index (χ3v) is 5.96. The topological polar surface area (TPSA) is 60.5 Å². The molecule has 1 fully saturated rings. The summed E-state index contributed by atoms with van der Waals surface area (Å²) >= 11 is 3.12. The number of nitrogens with one attached hydrogen (secondary N) is 1. The highest BCUT2D eigenvalue weighted by molar-refractivity contribution is 9.10. The first-order chi connectivity index (χ1) is 14.2. The molecule has 1 spiro atoms. The van der Waals surface area contributed by atoms with Gasteiger partial charge < -0.3 is 9.47 Å². The van der Waals surface area contributed by atoms with Crippen LogP contribution in [0.2, 0.25) is 0 Å². The van der Waals surface area contributed by atoms with Gasteiger partial charge in [0.15, 0.2) is 12.5 Å². The molecule has 3 atom stereocenters. The summed E-state index contributed by atoms with van der Waals surface area (Å²) in [6, 6.07) is 3.79. The second-order valence-corrected chi connectivity index (χ2v) is 7.89. The smallest absolute Gasteiger partial charge is 0.418 e. The average molecular weight is 493 g/mol. The fraction of sp³-hybridized carbons (Fsp3) is 0.368. The molecule has 11 heteroatoms. The molecule has 0 saturated carbocycles. The zero-order chi connectivity index (χ0) is 21.7. The molecule has 2 heterocycles. The van der Waals surface area contributed by atoms with Crippen LogP contribution in [0.5, 0.6) is 5.75 Å². The second kappa shape index (κ2) is 7.54. The predicted molar refractivity (Wildman–Crippen MR) is 97.0 cm³/mol. The van der Waals surface area contributed by atoms with Gasteiger partial charge in [-0.05, 0) is 40.0 Å². The number of pyridine rings is 1.